The number of amides is 3. The van der Waals surface area contributed by atoms with Crippen molar-refractivity contribution in [1.82, 2.24) is 10.6 Å². The summed E-state index contributed by atoms with van der Waals surface area (Å²) in [4.78, 5) is 36.6. The minimum absolute atomic E-state index is 0.0884. The number of carbonyl (C=O) groups is 3. The molecule has 142 valence electrons. The molecule has 1 atom stereocenters. The van der Waals surface area contributed by atoms with Crippen LogP contribution in [0.4, 0.5) is 4.79 Å². The summed E-state index contributed by atoms with van der Waals surface area (Å²) in [6.45, 7) is 0. The lowest BCUT2D eigenvalue weighted by Gasteiger charge is -2.18. The standard InChI is InChI=1S/C19H20N2O6/c1-20-19(24)21-17(22)16(12-7-5-4-6-8-12)27-18(23)14-11-13(25-2)9-10-15(14)26-3/h4-11,16H,1-3H3,(H2,20,21,22,24)/t16-/m0/s1. The van der Waals surface area contributed by atoms with Crippen LogP contribution >= 0.6 is 0 Å². The van der Waals surface area contributed by atoms with Gasteiger partial charge in [0.1, 0.15) is 17.1 Å². The maximum Gasteiger partial charge on any atom is 0.343 e. The molecule has 0 aliphatic rings. The van der Waals surface area contributed by atoms with Crippen molar-refractivity contribution < 1.29 is 28.6 Å². The Morgan fingerprint density at radius 3 is 2.26 bits per heavy atom. The predicted octanol–water partition coefficient (Wildman–Crippen LogP) is 2.06. The predicted molar refractivity (Wildman–Crippen MR) is 96.7 cm³/mol. The Kier molecular flexibility index (Phi) is 6.76. The second-order valence-corrected chi connectivity index (χ2v) is 5.33. The van der Waals surface area contributed by atoms with E-state index in [2.05, 4.69) is 10.6 Å². The van der Waals surface area contributed by atoms with Crippen molar-refractivity contribution >= 4 is 17.9 Å². The highest BCUT2D eigenvalue weighted by Crippen LogP contribution is 2.27. The van der Waals surface area contributed by atoms with Crippen LogP contribution < -0.4 is 20.1 Å². The second kappa shape index (κ2) is 9.23. The molecule has 27 heavy (non-hydrogen) atoms. The number of urea groups is 1. The Labute approximate surface area is 156 Å². The quantitative estimate of drug-likeness (QED) is 0.753. The van der Waals surface area contributed by atoms with E-state index in [1.807, 2.05) is 0 Å². The lowest BCUT2D eigenvalue weighted by atomic mass is 10.1. The largest absolute Gasteiger partial charge is 0.497 e. The fraction of sp³-hybridized carbons (Fsp3) is 0.211. The van der Waals surface area contributed by atoms with Crippen LogP contribution in [0.5, 0.6) is 11.5 Å². The second-order valence-electron chi connectivity index (χ2n) is 5.33. The Morgan fingerprint density at radius 2 is 1.67 bits per heavy atom. The molecule has 2 rings (SSSR count). The minimum atomic E-state index is -1.33. The van der Waals surface area contributed by atoms with Gasteiger partial charge in [-0.15, -0.1) is 0 Å². The number of benzene rings is 2. The van der Waals surface area contributed by atoms with Gasteiger partial charge in [-0.25, -0.2) is 9.59 Å². The zero-order chi connectivity index (χ0) is 19.8. The number of ether oxygens (including phenoxy) is 3. The van der Waals surface area contributed by atoms with Crippen LogP contribution in [0.1, 0.15) is 22.0 Å². The summed E-state index contributed by atoms with van der Waals surface area (Å²) in [5, 5.41) is 4.39. The molecule has 0 aliphatic carbocycles. The molecule has 0 saturated carbocycles. The lowest BCUT2D eigenvalue weighted by Crippen LogP contribution is -2.41. The Balaban J connectivity index is 2.33. The molecule has 2 aromatic carbocycles. The normalized spacial score (nSPS) is 11.1. The minimum Gasteiger partial charge on any atom is -0.497 e. The smallest absolute Gasteiger partial charge is 0.343 e. The van der Waals surface area contributed by atoms with Crippen LogP contribution in [0.3, 0.4) is 0 Å². The molecule has 0 fully saturated rings. The maximum atomic E-state index is 12.7. The summed E-state index contributed by atoms with van der Waals surface area (Å²) >= 11 is 0. The van der Waals surface area contributed by atoms with Gasteiger partial charge in [0.05, 0.1) is 14.2 Å². The lowest BCUT2D eigenvalue weighted by molar-refractivity contribution is -0.129. The van der Waals surface area contributed by atoms with E-state index >= 15 is 0 Å². The summed E-state index contributed by atoms with van der Waals surface area (Å²) in [6.07, 6.45) is -1.33. The molecule has 0 unspecified atom stereocenters. The molecule has 0 bridgehead atoms. The topological polar surface area (TPSA) is 103 Å². The number of carbonyl (C=O) groups excluding carboxylic acids is 3. The van der Waals surface area contributed by atoms with E-state index in [9.17, 15) is 14.4 Å². The van der Waals surface area contributed by atoms with Crippen LogP contribution in [0.15, 0.2) is 48.5 Å². The molecule has 3 amide bonds. The van der Waals surface area contributed by atoms with Crippen molar-refractivity contribution in [3.05, 3.63) is 59.7 Å². The van der Waals surface area contributed by atoms with Crippen LogP contribution in [-0.4, -0.2) is 39.2 Å². The molecule has 2 aromatic rings. The van der Waals surface area contributed by atoms with Gasteiger partial charge in [0.2, 0.25) is 6.10 Å². The van der Waals surface area contributed by atoms with Crippen LogP contribution in [0.2, 0.25) is 0 Å². The highest BCUT2D eigenvalue weighted by atomic mass is 16.6. The van der Waals surface area contributed by atoms with Crippen molar-refractivity contribution in [3.63, 3.8) is 0 Å². The highest BCUT2D eigenvalue weighted by molar-refractivity contribution is 5.99. The summed E-state index contributed by atoms with van der Waals surface area (Å²) < 4.78 is 15.7. The number of methoxy groups -OCH3 is 2. The van der Waals surface area contributed by atoms with Crippen LogP contribution in [0, 0.1) is 0 Å². The fourth-order valence-electron chi connectivity index (χ4n) is 2.28. The Hall–Kier alpha value is -3.55. The Morgan fingerprint density at radius 1 is 0.963 bits per heavy atom. The summed E-state index contributed by atoms with van der Waals surface area (Å²) in [5.41, 5.74) is 0.500. The zero-order valence-electron chi connectivity index (χ0n) is 15.1. The van der Waals surface area contributed by atoms with Gasteiger partial charge >= 0.3 is 12.0 Å². The molecule has 0 aromatic heterocycles. The van der Waals surface area contributed by atoms with E-state index in [-0.39, 0.29) is 11.3 Å². The van der Waals surface area contributed by atoms with Gasteiger partial charge < -0.3 is 19.5 Å². The maximum absolute atomic E-state index is 12.7. The Bertz CT molecular complexity index is 822. The van der Waals surface area contributed by atoms with Gasteiger partial charge in [0.25, 0.3) is 5.91 Å². The molecular weight excluding hydrogens is 352 g/mol. The SMILES string of the molecule is CNC(=O)NC(=O)[C@@H](OC(=O)c1cc(OC)ccc1OC)c1ccccc1. The van der Waals surface area contributed by atoms with E-state index in [1.165, 1.54) is 27.3 Å². The monoisotopic (exact) mass is 372 g/mol. The van der Waals surface area contributed by atoms with Gasteiger partial charge in [-0.05, 0) is 18.2 Å². The number of hydrogen-bond acceptors (Lipinski definition) is 6. The summed E-state index contributed by atoms with van der Waals surface area (Å²) in [7, 11) is 4.24. The van der Waals surface area contributed by atoms with Crippen molar-refractivity contribution in [2.24, 2.45) is 0 Å². The highest BCUT2D eigenvalue weighted by Gasteiger charge is 2.28. The molecule has 2 N–H and O–H groups in total. The first-order valence-corrected chi connectivity index (χ1v) is 8.00. The third kappa shape index (κ3) is 4.97. The average Bonchev–Trinajstić information content (AvgIpc) is 2.71. The first-order valence-electron chi connectivity index (χ1n) is 8.00. The fourth-order valence-corrected chi connectivity index (χ4v) is 2.28. The molecule has 0 spiro atoms. The number of nitrogens with one attached hydrogen (secondary N) is 2. The third-order valence-electron chi connectivity index (χ3n) is 3.66. The van der Waals surface area contributed by atoms with E-state index in [1.54, 1.807) is 42.5 Å². The van der Waals surface area contributed by atoms with Gasteiger partial charge in [-0.1, -0.05) is 30.3 Å². The van der Waals surface area contributed by atoms with E-state index in [0.717, 1.165) is 0 Å². The summed E-state index contributed by atoms with van der Waals surface area (Å²) in [5.74, 6) is -0.893. The van der Waals surface area contributed by atoms with Crippen molar-refractivity contribution in [2.45, 2.75) is 6.10 Å². The van der Waals surface area contributed by atoms with Gasteiger partial charge in [0.15, 0.2) is 0 Å². The van der Waals surface area contributed by atoms with E-state index in [0.29, 0.717) is 11.3 Å². The van der Waals surface area contributed by atoms with E-state index < -0.39 is 24.0 Å². The molecule has 8 nitrogen and oxygen atoms in total. The molecule has 0 aliphatic heterocycles. The van der Waals surface area contributed by atoms with Gasteiger partial charge in [-0.2, -0.15) is 0 Å². The van der Waals surface area contributed by atoms with Gasteiger partial charge in [-0.3, -0.25) is 10.1 Å². The van der Waals surface area contributed by atoms with Crippen LogP contribution in [0.25, 0.3) is 0 Å². The zero-order valence-corrected chi connectivity index (χ0v) is 15.1. The van der Waals surface area contributed by atoms with Crippen molar-refractivity contribution in [3.8, 4) is 11.5 Å². The number of hydrogen-bond donors (Lipinski definition) is 2. The molecule has 0 heterocycles. The molecule has 0 saturated heterocycles. The van der Waals surface area contributed by atoms with Gasteiger partial charge in [0, 0.05) is 12.6 Å². The average molecular weight is 372 g/mol. The van der Waals surface area contributed by atoms with E-state index in [4.69, 9.17) is 14.2 Å². The molecular formula is C19H20N2O6. The van der Waals surface area contributed by atoms with Crippen molar-refractivity contribution in [1.29, 1.82) is 0 Å². The first kappa shape index (κ1) is 19.8. The summed E-state index contributed by atoms with van der Waals surface area (Å²) in [6, 6.07) is 12.3. The third-order valence-corrected chi connectivity index (χ3v) is 3.66. The number of esters is 1. The number of rotatable bonds is 6. The molecule has 8 heteroatoms. The molecule has 0 radical (unpaired) electrons. The first-order chi connectivity index (χ1) is 13.0. The van der Waals surface area contributed by atoms with Crippen molar-refractivity contribution in [2.75, 3.05) is 21.3 Å². The van der Waals surface area contributed by atoms with Crippen LogP contribution in [-0.2, 0) is 9.53 Å². The number of imide groups is 1.